The third-order valence-electron chi connectivity index (χ3n) is 11.4. The number of benzene rings is 7. The van der Waals surface area contributed by atoms with Gasteiger partial charge in [0.15, 0.2) is 0 Å². The van der Waals surface area contributed by atoms with Gasteiger partial charge in [-0.15, -0.1) is 11.3 Å². The molecule has 0 saturated heterocycles. The first-order valence-corrected chi connectivity index (χ1v) is 19.4. The number of para-hydroxylation sites is 1. The first kappa shape index (κ1) is 30.4. The van der Waals surface area contributed by atoms with E-state index in [1.165, 1.54) is 69.1 Å². The number of nitrogens with one attached hydrogen (secondary N) is 1. The fraction of sp³-hybridized carbons (Fsp3) is 0.0816. The molecule has 0 aliphatic heterocycles. The van der Waals surface area contributed by atoms with Crippen LogP contribution in [0.2, 0.25) is 0 Å². The molecular formula is C49H35N3S. The zero-order valence-corrected chi connectivity index (χ0v) is 30.1. The Hall–Kier alpha value is -6.23. The van der Waals surface area contributed by atoms with Gasteiger partial charge in [-0.1, -0.05) is 146 Å². The van der Waals surface area contributed by atoms with Crippen molar-refractivity contribution in [2.75, 3.05) is 0 Å². The van der Waals surface area contributed by atoms with Crippen molar-refractivity contribution in [3.05, 3.63) is 170 Å². The van der Waals surface area contributed by atoms with Crippen LogP contribution in [0.4, 0.5) is 0 Å². The van der Waals surface area contributed by atoms with E-state index in [0.29, 0.717) is 5.92 Å². The summed E-state index contributed by atoms with van der Waals surface area (Å²) in [6.07, 6.45) is 10.1. The fourth-order valence-corrected chi connectivity index (χ4v) is 10.1. The summed E-state index contributed by atoms with van der Waals surface area (Å²) in [5, 5.41) is 10.1. The molecule has 3 nitrogen and oxygen atoms in total. The molecule has 0 saturated carbocycles. The van der Waals surface area contributed by atoms with E-state index in [4.69, 9.17) is 4.98 Å². The zero-order chi connectivity index (χ0) is 35.0. The normalized spacial score (nSPS) is 15.9. The van der Waals surface area contributed by atoms with E-state index >= 15 is 0 Å². The minimum absolute atomic E-state index is 0.177. The maximum Gasteiger partial charge on any atom is 0.212 e. The fourth-order valence-electron chi connectivity index (χ4n) is 8.84. The van der Waals surface area contributed by atoms with Crippen LogP contribution in [0.1, 0.15) is 25.0 Å². The molecule has 0 amide bonds. The Morgan fingerprint density at radius 3 is 2.09 bits per heavy atom. The topological polar surface area (TPSA) is 33.6 Å². The molecule has 1 aliphatic rings. The molecule has 0 fully saturated rings. The zero-order valence-electron chi connectivity index (χ0n) is 29.3. The predicted molar refractivity (Wildman–Crippen MR) is 227 cm³/mol. The number of thiophene rings is 1. The molecule has 10 aromatic rings. The van der Waals surface area contributed by atoms with Crippen LogP contribution in [0, 0.1) is 5.92 Å². The first-order valence-electron chi connectivity index (χ1n) is 18.5. The summed E-state index contributed by atoms with van der Waals surface area (Å²) < 4.78 is 5.01. The van der Waals surface area contributed by atoms with Crippen LogP contribution in [0.5, 0.6) is 0 Å². The van der Waals surface area contributed by atoms with Gasteiger partial charge >= 0.3 is 0 Å². The summed E-state index contributed by atoms with van der Waals surface area (Å²) in [5.74, 6) is 1.40. The lowest BCUT2D eigenvalue weighted by atomic mass is 9.83. The minimum Gasteiger partial charge on any atom is -0.326 e. The van der Waals surface area contributed by atoms with Crippen LogP contribution in [0.3, 0.4) is 0 Å². The molecule has 3 aromatic heterocycles. The standard InChI is InChI=1S/C49H35N3S/c1-2-30-14-6-7-17-36(30)46-45(35-27-26-33-28-32(24-25-34(33)29-35)31-15-4-3-5-16-31)50-49(51-46)52-41-22-12-10-20-39(41)43-37-18-8-9-19-38(37)44-40-21-11-13-23-42(40)53-48(44)47(43)52/h3-30,36H,2H2,1H3,(H,50,51). The van der Waals surface area contributed by atoms with Gasteiger partial charge in [0.25, 0.3) is 0 Å². The SMILES string of the molecule is CCC1C=CC=CC1c1[nH]c(-n2c3ccccc3c3c4ccccc4c4c5ccccc5sc4c32)nc1-c1ccc2cc(-c3ccccc3)ccc2c1. The van der Waals surface area contributed by atoms with Gasteiger partial charge in [-0.25, -0.2) is 4.98 Å². The van der Waals surface area contributed by atoms with Crippen molar-refractivity contribution in [3.8, 4) is 28.3 Å². The highest BCUT2D eigenvalue weighted by Crippen LogP contribution is 2.48. The van der Waals surface area contributed by atoms with Crippen molar-refractivity contribution >= 4 is 74.9 Å². The molecule has 53 heavy (non-hydrogen) atoms. The Morgan fingerprint density at radius 1 is 0.623 bits per heavy atom. The average Bonchev–Trinajstić information content (AvgIpc) is 3.93. The lowest BCUT2D eigenvalue weighted by molar-refractivity contribution is 0.551. The lowest BCUT2D eigenvalue weighted by Gasteiger charge is -2.23. The van der Waals surface area contributed by atoms with Gasteiger partial charge in [-0.3, -0.25) is 4.57 Å². The van der Waals surface area contributed by atoms with Gasteiger partial charge < -0.3 is 4.98 Å². The van der Waals surface area contributed by atoms with Crippen LogP contribution in [-0.2, 0) is 0 Å². The second kappa shape index (κ2) is 11.9. The van der Waals surface area contributed by atoms with E-state index in [1.807, 2.05) is 11.3 Å². The number of aromatic nitrogens is 3. The lowest BCUT2D eigenvalue weighted by Crippen LogP contribution is -2.11. The Kier molecular flexibility index (Phi) is 6.83. The van der Waals surface area contributed by atoms with Crippen molar-refractivity contribution < 1.29 is 0 Å². The summed E-state index contributed by atoms with van der Waals surface area (Å²) in [7, 11) is 0. The van der Waals surface area contributed by atoms with Crippen LogP contribution in [0.25, 0.3) is 91.9 Å². The number of nitrogens with zero attached hydrogens (tertiary/aromatic N) is 2. The predicted octanol–water partition coefficient (Wildman–Crippen LogP) is 13.8. The number of imidazole rings is 1. The van der Waals surface area contributed by atoms with Crippen LogP contribution in [0.15, 0.2) is 164 Å². The molecule has 0 radical (unpaired) electrons. The van der Waals surface area contributed by atoms with E-state index in [1.54, 1.807) is 0 Å². The first-order chi connectivity index (χ1) is 26.2. The number of hydrogen-bond donors (Lipinski definition) is 1. The van der Waals surface area contributed by atoms with Crippen molar-refractivity contribution in [1.82, 2.24) is 14.5 Å². The smallest absolute Gasteiger partial charge is 0.212 e. The van der Waals surface area contributed by atoms with Crippen LogP contribution < -0.4 is 0 Å². The molecule has 0 spiro atoms. The van der Waals surface area contributed by atoms with Crippen molar-refractivity contribution in [1.29, 1.82) is 0 Å². The van der Waals surface area contributed by atoms with Gasteiger partial charge in [-0.05, 0) is 69.3 Å². The van der Waals surface area contributed by atoms with Crippen molar-refractivity contribution in [2.45, 2.75) is 19.3 Å². The number of allylic oxidation sites excluding steroid dienone is 4. The summed E-state index contributed by atoms with van der Waals surface area (Å²) in [6, 6.07) is 50.9. The van der Waals surface area contributed by atoms with Crippen LogP contribution in [-0.4, -0.2) is 14.5 Å². The third kappa shape index (κ3) is 4.62. The molecule has 2 unspecified atom stereocenters. The van der Waals surface area contributed by atoms with E-state index in [-0.39, 0.29) is 5.92 Å². The van der Waals surface area contributed by atoms with Gasteiger partial charge in [0.1, 0.15) is 0 Å². The Labute approximate surface area is 311 Å². The second-order valence-corrected chi connectivity index (χ2v) is 15.3. The van der Waals surface area contributed by atoms with Gasteiger partial charge in [0.2, 0.25) is 5.95 Å². The largest absolute Gasteiger partial charge is 0.326 e. The molecule has 1 aliphatic carbocycles. The van der Waals surface area contributed by atoms with Crippen molar-refractivity contribution in [2.24, 2.45) is 5.92 Å². The third-order valence-corrected chi connectivity index (χ3v) is 12.5. The minimum atomic E-state index is 0.177. The molecular weight excluding hydrogens is 663 g/mol. The summed E-state index contributed by atoms with van der Waals surface area (Å²) in [6.45, 7) is 2.29. The molecule has 2 atom stereocenters. The average molecular weight is 698 g/mol. The summed E-state index contributed by atoms with van der Waals surface area (Å²) >= 11 is 1.89. The maximum absolute atomic E-state index is 5.63. The molecule has 3 heterocycles. The number of hydrogen-bond acceptors (Lipinski definition) is 2. The van der Waals surface area contributed by atoms with E-state index in [2.05, 4.69) is 180 Å². The number of aromatic amines is 1. The van der Waals surface area contributed by atoms with Gasteiger partial charge in [0.05, 0.1) is 27.1 Å². The summed E-state index contributed by atoms with van der Waals surface area (Å²) in [5.41, 5.74) is 8.12. The van der Waals surface area contributed by atoms with Crippen LogP contribution >= 0.6 is 11.3 Å². The highest BCUT2D eigenvalue weighted by atomic mass is 32.1. The monoisotopic (exact) mass is 697 g/mol. The number of H-pyrrole nitrogens is 1. The quantitative estimate of drug-likeness (QED) is 0.191. The number of fused-ring (bicyclic) bond motifs is 11. The van der Waals surface area contributed by atoms with Gasteiger partial charge in [-0.2, -0.15) is 0 Å². The molecule has 1 N–H and O–H groups in total. The van der Waals surface area contributed by atoms with Crippen molar-refractivity contribution in [3.63, 3.8) is 0 Å². The summed E-state index contributed by atoms with van der Waals surface area (Å²) in [4.78, 5) is 9.63. The molecule has 11 rings (SSSR count). The van der Waals surface area contributed by atoms with E-state index in [9.17, 15) is 0 Å². The second-order valence-electron chi connectivity index (χ2n) is 14.3. The molecule has 4 heteroatoms. The molecule has 7 aromatic carbocycles. The Bertz CT molecular complexity index is 3120. The molecule has 252 valence electrons. The number of rotatable bonds is 5. The van der Waals surface area contributed by atoms with Gasteiger partial charge in [0, 0.05) is 37.7 Å². The van der Waals surface area contributed by atoms with E-state index < -0.39 is 0 Å². The molecule has 0 bridgehead atoms. The highest BCUT2D eigenvalue weighted by molar-refractivity contribution is 7.27. The van der Waals surface area contributed by atoms with E-state index in [0.717, 1.165) is 34.8 Å². The Balaban J connectivity index is 1.20. The highest BCUT2D eigenvalue weighted by Gasteiger charge is 2.28. The Morgan fingerprint density at radius 2 is 1.28 bits per heavy atom. The maximum atomic E-state index is 5.63.